The quantitative estimate of drug-likeness (QED) is 0.632. The standard InChI is InChI=1S/C18H15N5O/c19-16-15-13(9-20-17(15)22-10-21-16)5-4-11-2-1-3-14(8-11)23-18(24)12-6-7-12/h1-3,8-10,12H,6-7H2,(H,23,24)(H3,19,20,21,22). The molecule has 0 saturated heterocycles. The summed E-state index contributed by atoms with van der Waals surface area (Å²) in [6, 6.07) is 7.50. The summed E-state index contributed by atoms with van der Waals surface area (Å²) < 4.78 is 0. The van der Waals surface area contributed by atoms with Crippen LogP contribution in [0.5, 0.6) is 0 Å². The third-order valence-corrected chi connectivity index (χ3v) is 3.92. The Hall–Kier alpha value is -3.33. The second-order valence-electron chi connectivity index (χ2n) is 5.78. The van der Waals surface area contributed by atoms with Crippen LogP contribution in [0.2, 0.25) is 0 Å². The highest BCUT2D eigenvalue weighted by Crippen LogP contribution is 2.30. The van der Waals surface area contributed by atoms with E-state index < -0.39 is 0 Å². The number of carbonyl (C=O) groups excluding carboxylic acids is 1. The van der Waals surface area contributed by atoms with Gasteiger partial charge in [0, 0.05) is 23.4 Å². The molecule has 0 spiro atoms. The van der Waals surface area contributed by atoms with Gasteiger partial charge < -0.3 is 16.0 Å². The molecule has 4 rings (SSSR count). The molecule has 4 N–H and O–H groups in total. The minimum Gasteiger partial charge on any atom is -0.383 e. The van der Waals surface area contributed by atoms with E-state index in [0.29, 0.717) is 11.5 Å². The van der Waals surface area contributed by atoms with Crippen LogP contribution in [0.3, 0.4) is 0 Å². The van der Waals surface area contributed by atoms with Crippen LogP contribution in [0.25, 0.3) is 11.0 Å². The van der Waals surface area contributed by atoms with E-state index in [4.69, 9.17) is 5.73 Å². The first-order valence-corrected chi connectivity index (χ1v) is 7.71. The van der Waals surface area contributed by atoms with E-state index in [2.05, 4.69) is 32.1 Å². The number of hydrogen-bond donors (Lipinski definition) is 3. The number of benzene rings is 1. The van der Waals surface area contributed by atoms with Gasteiger partial charge in [0.1, 0.15) is 17.8 Å². The Balaban J connectivity index is 1.61. The number of nitrogen functional groups attached to an aromatic ring is 1. The van der Waals surface area contributed by atoms with Gasteiger partial charge >= 0.3 is 0 Å². The molecule has 0 bridgehead atoms. The van der Waals surface area contributed by atoms with E-state index in [9.17, 15) is 4.79 Å². The van der Waals surface area contributed by atoms with Crippen LogP contribution in [0.4, 0.5) is 11.5 Å². The molecule has 0 unspecified atom stereocenters. The Bertz CT molecular complexity index is 991. The summed E-state index contributed by atoms with van der Waals surface area (Å²) in [5.41, 5.74) is 8.88. The molecule has 1 amide bonds. The number of aromatic nitrogens is 3. The maximum atomic E-state index is 11.8. The van der Waals surface area contributed by atoms with Crippen molar-refractivity contribution in [3.8, 4) is 11.8 Å². The van der Waals surface area contributed by atoms with Crippen molar-refractivity contribution in [3.05, 3.63) is 47.9 Å². The first-order chi connectivity index (χ1) is 11.7. The molecule has 3 aromatic rings. The monoisotopic (exact) mass is 317 g/mol. The molecule has 1 saturated carbocycles. The van der Waals surface area contributed by atoms with Gasteiger partial charge in [-0.25, -0.2) is 9.97 Å². The van der Waals surface area contributed by atoms with Crippen LogP contribution < -0.4 is 11.1 Å². The maximum absolute atomic E-state index is 11.8. The number of hydrogen-bond acceptors (Lipinski definition) is 4. The van der Waals surface area contributed by atoms with E-state index in [-0.39, 0.29) is 11.8 Å². The molecule has 6 heteroatoms. The normalized spacial score (nSPS) is 13.3. The number of rotatable bonds is 2. The third kappa shape index (κ3) is 2.79. The summed E-state index contributed by atoms with van der Waals surface area (Å²) in [6.45, 7) is 0. The number of amides is 1. The largest absolute Gasteiger partial charge is 0.383 e. The van der Waals surface area contributed by atoms with E-state index in [1.807, 2.05) is 24.3 Å². The second kappa shape index (κ2) is 5.70. The number of nitrogens with one attached hydrogen (secondary N) is 2. The molecule has 1 aliphatic carbocycles. The van der Waals surface area contributed by atoms with Crippen molar-refractivity contribution >= 4 is 28.4 Å². The predicted octanol–water partition coefficient (Wildman–Crippen LogP) is 2.29. The van der Waals surface area contributed by atoms with Crippen molar-refractivity contribution in [1.82, 2.24) is 15.0 Å². The van der Waals surface area contributed by atoms with Crippen molar-refractivity contribution < 1.29 is 4.79 Å². The zero-order chi connectivity index (χ0) is 16.5. The van der Waals surface area contributed by atoms with Crippen molar-refractivity contribution in [1.29, 1.82) is 0 Å². The number of nitrogens with two attached hydrogens (primary N) is 1. The molecule has 1 aromatic carbocycles. The average Bonchev–Trinajstić information content (AvgIpc) is 3.35. The predicted molar refractivity (Wildman–Crippen MR) is 92.1 cm³/mol. The number of nitrogens with zero attached hydrogens (tertiary/aromatic N) is 2. The fraction of sp³-hybridized carbons (Fsp3) is 0.167. The van der Waals surface area contributed by atoms with Gasteiger partial charge in [-0.2, -0.15) is 0 Å². The SMILES string of the molecule is Nc1ncnc2[nH]cc(C#Cc3cccc(NC(=O)C4CC4)c3)c12. The Labute approximate surface area is 138 Å². The molecule has 24 heavy (non-hydrogen) atoms. The minimum absolute atomic E-state index is 0.0849. The van der Waals surface area contributed by atoms with Gasteiger partial charge in [-0.1, -0.05) is 17.9 Å². The third-order valence-electron chi connectivity index (χ3n) is 3.92. The summed E-state index contributed by atoms with van der Waals surface area (Å²) >= 11 is 0. The van der Waals surface area contributed by atoms with E-state index >= 15 is 0 Å². The molecular formula is C18H15N5O. The number of fused-ring (bicyclic) bond motifs is 1. The maximum Gasteiger partial charge on any atom is 0.227 e. The van der Waals surface area contributed by atoms with E-state index in [1.165, 1.54) is 6.33 Å². The smallest absolute Gasteiger partial charge is 0.227 e. The minimum atomic E-state index is 0.0849. The molecule has 6 nitrogen and oxygen atoms in total. The van der Waals surface area contributed by atoms with Crippen LogP contribution in [-0.2, 0) is 4.79 Å². The average molecular weight is 317 g/mol. The zero-order valence-corrected chi connectivity index (χ0v) is 12.8. The van der Waals surface area contributed by atoms with Gasteiger partial charge in [0.2, 0.25) is 5.91 Å². The van der Waals surface area contributed by atoms with E-state index in [1.54, 1.807) is 6.20 Å². The molecular weight excluding hydrogens is 302 g/mol. The van der Waals surface area contributed by atoms with Gasteiger partial charge in [-0.15, -0.1) is 0 Å². The van der Waals surface area contributed by atoms with Gasteiger partial charge in [-0.05, 0) is 31.0 Å². The van der Waals surface area contributed by atoms with Gasteiger partial charge in [0.05, 0.1) is 10.9 Å². The number of aromatic amines is 1. The lowest BCUT2D eigenvalue weighted by atomic mass is 10.1. The molecule has 118 valence electrons. The van der Waals surface area contributed by atoms with Gasteiger partial charge in [0.25, 0.3) is 0 Å². The molecule has 2 aromatic heterocycles. The van der Waals surface area contributed by atoms with Gasteiger partial charge in [-0.3, -0.25) is 4.79 Å². The Morgan fingerprint density at radius 2 is 2.17 bits per heavy atom. The Morgan fingerprint density at radius 3 is 3.00 bits per heavy atom. The first kappa shape index (κ1) is 14.3. The molecule has 2 heterocycles. The topological polar surface area (TPSA) is 96.7 Å². The fourth-order valence-corrected chi connectivity index (χ4v) is 2.49. The second-order valence-corrected chi connectivity index (χ2v) is 5.78. The van der Waals surface area contributed by atoms with Crippen molar-refractivity contribution in [2.24, 2.45) is 5.92 Å². The van der Waals surface area contributed by atoms with Crippen LogP contribution in [-0.4, -0.2) is 20.9 Å². The molecule has 0 aliphatic heterocycles. The lowest BCUT2D eigenvalue weighted by molar-refractivity contribution is -0.117. The van der Waals surface area contributed by atoms with Gasteiger partial charge in [0.15, 0.2) is 0 Å². The Kier molecular flexibility index (Phi) is 3.39. The zero-order valence-electron chi connectivity index (χ0n) is 12.8. The van der Waals surface area contributed by atoms with E-state index in [0.717, 1.165) is 35.0 Å². The van der Waals surface area contributed by atoms with Crippen LogP contribution in [0.1, 0.15) is 24.0 Å². The molecule has 0 atom stereocenters. The fourth-order valence-electron chi connectivity index (χ4n) is 2.49. The lowest BCUT2D eigenvalue weighted by Gasteiger charge is -2.03. The molecule has 1 fully saturated rings. The first-order valence-electron chi connectivity index (χ1n) is 7.71. The molecule has 1 aliphatic rings. The van der Waals surface area contributed by atoms with Crippen LogP contribution in [0, 0.1) is 17.8 Å². The lowest BCUT2D eigenvalue weighted by Crippen LogP contribution is -2.13. The molecule has 0 radical (unpaired) electrons. The van der Waals surface area contributed by atoms with Crippen molar-refractivity contribution in [3.63, 3.8) is 0 Å². The summed E-state index contributed by atoms with van der Waals surface area (Å²) in [4.78, 5) is 23.0. The highest BCUT2D eigenvalue weighted by Gasteiger charge is 2.29. The van der Waals surface area contributed by atoms with Crippen LogP contribution >= 0.6 is 0 Å². The summed E-state index contributed by atoms with van der Waals surface area (Å²) in [7, 11) is 0. The number of carbonyl (C=O) groups is 1. The van der Waals surface area contributed by atoms with Crippen molar-refractivity contribution in [2.75, 3.05) is 11.1 Å². The number of anilines is 2. The summed E-state index contributed by atoms with van der Waals surface area (Å²) in [6.07, 6.45) is 5.14. The number of H-pyrrole nitrogens is 1. The highest BCUT2D eigenvalue weighted by molar-refractivity contribution is 5.94. The van der Waals surface area contributed by atoms with Crippen molar-refractivity contribution in [2.45, 2.75) is 12.8 Å². The highest BCUT2D eigenvalue weighted by atomic mass is 16.2. The Morgan fingerprint density at radius 1 is 1.29 bits per heavy atom. The van der Waals surface area contributed by atoms with Crippen LogP contribution in [0.15, 0.2) is 36.8 Å². The summed E-state index contributed by atoms with van der Waals surface area (Å²) in [5.74, 6) is 6.84. The summed E-state index contributed by atoms with van der Waals surface area (Å²) in [5, 5.41) is 3.65.